The van der Waals surface area contributed by atoms with E-state index in [2.05, 4.69) is 12.2 Å². The number of sulfonamides is 1. The number of rotatable bonds is 9. The van der Waals surface area contributed by atoms with Crippen LogP contribution >= 0.6 is 11.6 Å². The van der Waals surface area contributed by atoms with Crippen molar-refractivity contribution in [1.29, 1.82) is 0 Å². The van der Waals surface area contributed by atoms with Crippen LogP contribution in [-0.4, -0.2) is 38.0 Å². The van der Waals surface area contributed by atoms with E-state index >= 15 is 0 Å². The summed E-state index contributed by atoms with van der Waals surface area (Å²) in [6.45, 7) is 2.70. The predicted molar refractivity (Wildman–Crippen MR) is 90.6 cm³/mol. The fourth-order valence-electron chi connectivity index (χ4n) is 2.00. The zero-order valence-corrected chi connectivity index (χ0v) is 14.6. The average Bonchev–Trinajstić information content (AvgIpc) is 2.41. The second kappa shape index (κ2) is 9.12. The van der Waals surface area contributed by atoms with E-state index in [-0.39, 0.29) is 18.9 Å². The summed E-state index contributed by atoms with van der Waals surface area (Å²) in [4.78, 5) is 11.9. The number of unbranched alkanes of at least 4 members (excludes halogenated alkanes) is 2. The van der Waals surface area contributed by atoms with Gasteiger partial charge in [-0.2, -0.15) is 0 Å². The second-order valence-corrected chi connectivity index (χ2v) is 7.60. The van der Waals surface area contributed by atoms with E-state index in [0.29, 0.717) is 17.3 Å². The maximum absolute atomic E-state index is 11.9. The lowest BCUT2D eigenvalue weighted by atomic mass is 10.2. The summed E-state index contributed by atoms with van der Waals surface area (Å²) in [5, 5.41) is 3.25. The monoisotopic (exact) mass is 346 g/mol. The lowest BCUT2D eigenvalue weighted by Crippen LogP contribution is -2.33. The molecule has 1 N–H and O–H groups in total. The largest absolute Gasteiger partial charge is 0.326 e. The van der Waals surface area contributed by atoms with Crippen molar-refractivity contribution in [2.75, 3.05) is 24.7 Å². The van der Waals surface area contributed by atoms with Crippen LogP contribution in [0.3, 0.4) is 0 Å². The molecule has 0 aliphatic rings. The van der Waals surface area contributed by atoms with E-state index < -0.39 is 10.0 Å². The van der Waals surface area contributed by atoms with Gasteiger partial charge in [-0.25, -0.2) is 12.7 Å². The van der Waals surface area contributed by atoms with Crippen molar-refractivity contribution in [2.24, 2.45) is 0 Å². The van der Waals surface area contributed by atoms with Gasteiger partial charge in [0.25, 0.3) is 0 Å². The Kier molecular flexibility index (Phi) is 7.85. The molecular formula is C15H23ClN2O3S. The molecule has 0 aliphatic carbocycles. The first-order valence-electron chi connectivity index (χ1n) is 7.33. The summed E-state index contributed by atoms with van der Waals surface area (Å²) < 4.78 is 24.8. The number of hydrogen-bond donors (Lipinski definition) is 1. The topological polar surface area (TPSA) is 66.5 Å². The van der Waals surface area contributed by atoms with Crippen LogP contribution < -0.4 is 5.32 Å². The Balaban J connectivity index is 2.51. The molecule has 1 aromatic carbocycles. The molecule has 0 unspecified atom stereocenters. The highest BCUT2D eigenvalue weighted by Crippen LogP contribution is 2.15. The molecule has 0 fully saturated rings. The third-order valence-corrected chi connectivity index (χ3v) is 4.72. The molecule has 0 aliphatic heterocycles. The van der Waals surface area contributed by atoms with Gasteiger partial charge in [0.05, 0.1) is 6.26 Å². The zero-order valence-electron chi connectivity index (χ0n) is 13.0. The van der Waals surface area contributed by atoms with Gasteiger partial charge in [-0.1, -0.05) is 37.4 Å². The molecular weight excluding hydrogens is 324 g/mol. The number of carbonyl (C=O) groups excluding carboxylic acids is 1. The molecule has 7 heteroatoms. The SMILES string of the molecule is CCCCCN(CCC(=O)Nc1cccc(Cl)c1)S(C)(=O)=O. The quantitative estimate of drug-likeness (QED) is 0.698. The van der Waals surface area contributed by atoms with Crippen molar-refractivity contribution >= 4 is 33.2 Å². The van der Waals surface area contributed by atoms with Crippen molar-refractivity contribution in [1.82, 2.24) is 4.31 Å². The Morgan fingerprint density at radius 1 is 1.27 bits per heavy atom. The first kappa shape index (κ1) is 18.9. The van der Waals surface area contributed by atoms with Crippen LogP contribution in [0.15, 0.2) is 24.3 Å². The molecule has 0 spiro atoms. The van der Waals surface area contributed by atoms with Crippen LogP contribution in [0.25, 0.3) is 0 Å². The van der Waals surface area contributed by atoms with Gasteiger partial charge in [-0.05, 0) is 24.6 Å². The molecule has 124 valence electrons. The molecule has 0 saturated heterocycles. The van der Waals surface area contributed by atoms with Gasteiger partial charge in [0.1, 0.15) is 0 Å². The fourth-order valence-corrected chi connectivity index (χ4v) is 3.07. The smallest absolute Gasteiger partial charge is 0.225 e. The van der Waals surface area contributed by atoms with Crippen molar-refractivity contribution < 1.29 is 13.2 Å². The number of hydrogen-bond acceptors (Lipinski definition) is 3. The van der Waals surface area contributed by atoms with Crippen LogP contribution in [-0.2, 0) is 14.8 Å². The molecule has 0 aromatic heterocycles. The molecule has 0 bridgehead atoms. The number of anilines is 1. The lowest BCUT2D eigenvalue weighted by Gasteiger charge is -2.19. The molecule has 22 heavy (non-hydrogen) atoms. The Labute approximate surface area is 137 Å². The summed E-state index contributed by atoms with van der Waals surface area (Å²) in [5.74, 6) is -0.230. The van der Waals surface area contributed by atoms with Crippen molar-refractivity contribution in [3.05, 3.63) is 29.3 Å². The second-order valence-electron chi connectivity index (χ2n) is 5.18. The minimum absolute atomic E-state index is 0.117. The van der Waals surface area contributed by atoms with E-state index in [1.54, 1.807) is 24.3 Å². The van der Waals surface area contributed by atoms with E-state index in [1.165, 1.54) is 10.6 Å². The number of benzene rings is 1. The van der Waals surface area contributed by atoms with E-state index in [0.717, 1.165) is 19.3 Å². The first-order chi connectivity index (χ1) is 10.3. The normalized spacial score (nSPS) is 11.6. The standard InChI is InChI=1S/C15H23ClN2O3S/c1-3-4-5-10-18(22(2,20)21)11-9-15(19)17-14-8-6-7-13(16)12-14/h6-8,12H,3-5,9-11H2,1-2H3,(H,17,19). The van der Waals surface area contributed by atoms with Gasteiger partial charge >= 0.3 is 0 Å². The summed E-state index contributed by atoms with van der Waals surface area (Å²) in [7, 11) is -3.29. The number of nitrogens with one attached hydrogen (secondary N) is 1. The Morgan fingerprint density at radius 2 is 2.00 bits per heavy atom. The molecule has 1 amide bonds. The van der Waals surface area contributed by atoms with Gasteiger partial charge in [0, 0.05) is 30.2 Å². The van der Waals surface area contributed by atoms with Crippen LogP contribution in [0, 0.1) is 0 Å². The molecule has 1 rings (SSSR count). The van der Waals surface area contributed by atoms with Crippen LogP contribution in [0.5, 0.6) is 0 Å². The third-order valence-electron chi connectivity index (χ3n) is 3.18. The molecule has 0 saturated carbocycles. The molecule has 1 aromatic rings. The number of amides is 1. The van der Waals surface area contributed by atoms with Crippen molar-refractivity contribution in [3.8, 4) is 0 Å². The zero-order chi connectivity index (χ0) is 16.6. The first-order valence-corrected chi connectivity index (χ1v) is 9.56. The van der Waals surface area contributed by atoms with Gasteiger partial charge in [-0.3, -0.25) is 4.79 Å². The molecule has 0 atom stereocenters. The van der Waals surface area contributed by atoms with Crippen molar-refractivity contribution in [2.45, 2.75) is 32.6 Å². The maximum atomic E-state index is 11.9. The highest BCUT2D eigenvalue weighted by atomic mass is 35.5. The molecule has 5 nitrogen and oxygen atoms in total. The van der Waals surface area contributed by atoms with Gasteiger partial charge < -0.3 is 5.32 Å². The molecule has 0 heterocycles. The highest BCUT2D eigenvalue weighted by Gasteiger charge is 2.17. The van der Waals surface area contributed by atoms with E-state index in [1.807, 2.05) is 0 Å². The number of halogens is 1. The van der Waals surface area contributed by atoms with E-state index in [4.69, 9.17) is 11.6 Å². The summed E-state index contributed by atoms with van der Waals surface area (Å²) >= 11 is 5.85. The predicted octanol–water partition coefficient (Wildman–Crippen LogP) is 3.12. The summed E-state index contributed by atoms with van der Waals surface area (Å²) in [6.07, 6.45) is 4.09. The Hall–Kier alpha value is -1.11. The number of nitrogens with zero attached hydrogens (tertiary/aromatic N) is 1. The minimum atomic E-state index is -3.29. The van der Waals surface area contributed by atoms with Gasteiger partial charge in [0.15, 0.2) is 0 Å². The minimum Gasteiger partial charge on any atom is -0.326 e. The highest BCUT2D eigenvalue weighted by molar-refractivity contribution is 7.88. The third kappa shape index (κ3) is 7.24. The summed E-state index contributed by atoms with van der Waals surface area (Å²) in [6, 6.07) is 6.84. The number of carbonyl (C=O) groups is 1. The maximum Gasteiger partial charge on any atom is 0.225 e. The van der Waals surface area contributed by atoms with E-state index in [9.17, 15) is 13.2 Å². The van der Waals surface area contributed by atoms with Gasteiger partial charge in [0.2, 0.25) is 15.9 Å². The Bertz CT molecular complexity index is 590. The average molecular weight is 347 g/mol. The molecule has 0 radical (unpaired) electrons. The van der Waals surface area contributed by atoms with Crippen LogP contribution in [0.4, 0.5) is 5.69 Å². The van der Waals surface area contributed by atoms with Crippen LogP contribution in [0.1, 0.15) is 32.6 Å². The van der Waals surface area contributed by atoms with Gasteiger partial charge in [-0.15, -0.1) is 0 Å². The fraction of sp³-hybridized carbons (Fsp3) is 0.533. The Morgan fingerprint density at radius 3 is 2.59 bits per heavy atom. The van der Waals surface area contributed by atoms with Crippen LogP contribution in [0.2, 0.25) is 5.02 Å². The van der Waals surface area contributed by atoms with Crippen molar-refractivity contribution in [3.63, 3.8) is 0 Å². The lowest BCUT2D eigenvalue weighted by molar-refractivity contribution is -0.116. The summed E-state index contributed by atoms with van der Waals surface area (Å²) in [5.41, 5.74) is 0.606.